The van der Waals surface area contributed by atoms with Crippen molar-refractivity contribution in [2.24, 2.45) is 0 Å². The number of thiophene rings is 4. The lowest BCUT2D eigenvalue weighted by Crippen LogP contribution is -2.26. The molecule has 25 heavy (non-hydrogen) atoms. The summed E-state index contributed by atoms with van der Waals surface area (Å²) in [6, 6.07) is 17.5. The minimum Gasteiger partial charge on any atom is -0.132 e. The van der Waals surface area contributed by atoms with Crippen LogP contribution < -0.4 is 0 Å². The van der Waals surface area contributed by atoms with Gasteiger partial charge >= 0.3 is 0 Å². The first-order valence-electron chi connectivity index (χ1n) is 7.03. The third-order valence-corrected chi connectivity index (χ3v) is 10.7. The Kier molecular flexibility index (Phi) is 5.81. The second-order valence-electron chi connectivity index (χ2n) is 5.17. The van der Waals surface area contributed by atoms with Crippen LogP contribution in [0.2, 0.25) is 0 Å². The molecule has 4 aromatic rings. The highest BCUT2D eigenvalue weighted by Gasteiger charge is 2.43. The smallest absolute Gasteiger partial charge is 0.107 e. The van der Waals surface area contributed by atoms with E-state index in [2.05, 4.69) is 112 Å². The minimum atomic E-state index is -0.291. The fourth-order valence-electron chi connectivity index (χ4n) is 2.79. The van der Waals surface area contributed by atoms with Crippen molar-refractivity contribution in [1.82, 2.24) is 0 Å². The van der Waals surface area contributed by atoms with Crippen LogP contribution in [0.5, 0.6) is 0 Å². The monoisotopic (exact) mass is 656 g/mol. The van der Waals surface area contributed by atoms with Crippen molar-refractivity contribution in [3.63, 3.8) is 0 Å². The first kappa shape index (κ1) is 19.1. The Morgan fingerprint density at radius 1 is 0.440 bits per heavy atom. The summed E-state index contributed by atoms with van der Waals surface area (Å²) in [6.45, 7) is 0. The summed E-state index contributed by atoms with van der Waals surface area (Å²) in [5.74, 6) is 0. The summed E-state index contributed by atoms with van der Waals surface area (Å²) in [5.41, 5.74) is -0.291. The third-order valence-electron chi connectivity index (χ3n) is 3.77. The van der Waals surface area contributed by atoms with Crippen molar-refractivity contribution in [3.05, 3.63) is 83.2 Å². The quantitative estimate of drug-likeness (QED) is 0.205. The van der Waals surface area contributed by atoms with E-state index in [1.165, 1.54) is 19.5 Å². The van der Waals surface area contributed by atoms with Gasteiger partial charge in [0.25, 0.3) is 0 Å². The van der Waals surface area contributed by atoms with Gasteiger partial charge in [0.05, 0.1) is 15.1 Å². The van der Waals surface area contributed by atoms with Gasteiger partial charge in [-0.15, -0.1) is 45.3 Å². The van der Waals surface area contributed by atoms with E-state index in [-0.39, 0.29) is 5.41 Å². The molecule has 8 heteroatoms. The minimum absolute atomic E-state index is 0.291. The standard InChI is InChI=1S/C17H8Br4S4/c18-13-5-1-9(22-13)17(10-2-6-14(19)23-10,11-3-7-15(20)24-11)12-4-8-16(21)25-12/h1-8H. The molecule has 0 atom stereocenters. The van der Waals surface area contributed by atoms with Crippen LogP contribution in [0.25, 0.3) is 0 Å². The molecule has 0 aliphatic heterocycles. The molecule has 0 saturated carbocycles. The van der Waals surface area contributed by atoms with Crippen molar-refractivity contribution in [2.75, 3.05) is 0 Å². The first-order valence-corrected chi connectivity index (χ1v) is 13.5. The van der Waals surface area contributed by atoms with Gasteiger partial charge in [-0.2, -0.15) is 0 Å². The molecule has 0 aliphatic carbocycles. The molecule has 4 aromatic heterocycles. The van der Waals surface area contributed by atoms with Gasteiger partial charge in [-0.1, -0.05) is 0 Å². The Morgan fingerprint density at radius 2 is 0.680 bits per heavy atom. The topological polar surface area (TPSA) is 0 Å². The van der Waals surface area contributed by atoms with Crippen LogP contribution in [-0.2, 0) is 5.41 Å². The van der Waals surface area contributed by atoms with E-state index < -0.39 is 0 Å². The molecule has 4 rings (SSSR count). The van der Waals surface area contributed by atoms with Crippen molar-refractivity contribution >= 4 is 109 Å². The summed E-state index contributed by atoms with van der Waals surface area (Å²) >= 11 is 21.8. The lowest BCUT2D eigenvalue weighted by Gasteiger charge is -2.30. The van der Waals surface area contributed by atoms with E-state index in [0.29, 0.717) is 0 Å². The van der Waals surface area contributed by atoms with Gasteiger partial charge in [0.1, 0.15) is 5.41 Å². The van der Waals surface area contributed by atoms with E-state index in [4.69, 9.17) is 0 Å². The molecule has 0 amide bonds. The number of halogens is 4. The Labute approximate surface area is 195 Å². The number of hydrogen-bond acceptors (Lipinski definition) is 4. The fraction of sp³-hybridized carbons (Fsp3) is 0.0588. The summed E-state index contributed by atoms with van der Waals surface area (Å²) < 4.78 is 4.59. The van der Waals surface area contributed by atoms with Gasteiger partial charge in [0.2, 0.25) is 0 Å². The lowest BCUT2D eigenvalue weighted by molar-refractivity contribution is 0.823. The van der Waals surface area contributed by atoms with Crippen LogP contribution >= 0.6 is 109 Å². The lowest BCUT2D eigenvalue weighted by atomic mass is 9.81. The second-order valence-corrected chi connectivity index (χ2v) is 15.0. The van der Waals surface area contributed by atoms with Crippen LogP contribution in [0, 0.1) is 0 Å². The second kappa shape index (κ2) is 7.62. The molecule has 0 bridgehead atoms. The van der Waals surface area contributed by atoms with Crippen molar-refractivity contribution in [1.29, 1.82) is 0 Å². The summed E-state index contributed by atoms with van der Waals surface area (Å²) in [4.78, 5) is 5.27. The third kappa shape index (κ3) is 3.46. The number of hydrogen-bond donors (Lipinski definition) is 0. The molecular weight excluding hydrogens is 652 g/mol. The SMILES string of the molecule is Brc1ccc(C(c2ccc(Br)s2)(c2ccc(Br)s2)c2ccc(Br)s2)s1. The average Bonchev–Trinajstić information content (AvgIpc) is 3.33. The normalized spacial score (nSPS) is 12.0. The summed E-state index contributed by atoms with van der Waals surface area (Å²) in [7, 11) is 0. The maximum atomic E-state index is 3.66. The first-order chi connectivity index (χ1) is 12.0. The van der Waals surface area contributed by atoms with Crippen LogP contribution in [0.3, 0.4) is 0 Å². The molecule has 0 N–H and O–H groups in total. The highest BCUT2D eigenvalue weighted by Crippen LogP contribution is 2.54. The average molecular weight is 660 g/mol. The fourth-order valence-corrected chi connectivity index (χ4v) is 9.66. The zero-order valence-electron chi connectivity index (χ0n) is 12.3. The summed E-state index contributed by atoms with van der Waals surface area (Å²) in [5, 5.41) is 0. The van der Waals surface area contributed by atoms with Gasteiger partial charge < -0.3 is 0 Å². The molecule has 4 heterocycles. The van der Waals surface area contributed by atoms with E-state index in [0.717, 1.165) is 15.1 Å². The van der Waals surface area contributed by atoms with Crippen molar-refractivity contribution in [3.8, 4) is 0 Å². The van der Waals surface area contributed by atoms with Crippen molar-refractivity contribution < 1.29 is 0 Å². The Morgan fingerprint density at radius 3 is 0.840 bits per heavy atom. The molecule has 0 fully saturated rings. The predicted molar refractivity (Wildman–Crippen MR) is 127 cm³/mol. The van der Waals surface area contributed by atoms with Gasteiger partial charge in [-0.25, -0.2) is 0 Å². The van der Waals surface area contributed by atoms with Gasteiger partial charge in [0, 0.05) is 19.5 Å². The van der Waals surface area contributed by atoms with E-state index in [9.17, 15) is 0 Å². The molecule has 0 aromatic carbocycles. The zero-order chi connectivity index (χ0) is 17.6. The van der Waals surface area contributed by atoms with E-state index in [1.54, 1.807) is 45.3 Å². The molecule has 0 aliphatic rings. The Balaban J connectivity index is 2.11. The molecule has 0 spiro atoms. The Hall–Kier alpha value is 0.720. The highest BCUT2D eigenvalue weighted by molar-refractivity contribution is 9.11. The molecule has 0 saturated heterocycles. The molecule has 0 radical (unpaired) electrons. The van der Waals surface area contributed by atoms with Crippen molar-refractivity contribution in [2.45, 2.75) is 5.41 Å². The zero-order valence-corrected chi connectivity index (χ0v) is 21.9. The molecule has 0 unspecified atom stereocenters. The van der Waals surface area contributed by atoms with Gasteiger partial charge in [-0.3, -0.25) is 0 Å². The van der Waals surface area contributed by atoms with Gasteiger partial charge in [0.15, 0.2) is 0 Å². The van der Waals surface area contributed by atoms with E-state index in [1.807, 2.05) is 0 Å². The number of rotatable bonds is 4. The Bertz CT molecular complexity index is 856. The van der Waals surface area contributed by atoms with Gasteiger partial charge in [-0.05, 0) is 112 Å². The molecule has 128 valence electrons. The molecule has 0 nitrogen and oxygen atoms in total. The summed E-state index contributed by atoms with van der Waals surface area (Å²) in [6.07, 6.45) is 0. The maximum absolute atomic E-state index is 3.66. The van der Waals surface area contributed by atoms with Crippen LogP contribution in [-0.4, -0.2) is 0 Å². The predicted octanol–water partition coefficient (Wildman–Crippen LogP) is 9.37. The van der Waals surface area contributed by atoms with Crippen LogP contribution in [0.1, 0.15) is 19.5 Å². The van der Waals surface area contributed by atoms with Crippen LogP contribution in [0.4, 0.5) is 0 Å². The largest absolute Gasteiger partial charge is 0.132 e. The maximum Gasteiger partial charge on any atom is 0.107 e. The van der Waals surface area contributed by atoms with Crippen LogP contribution in [0.15, 0.2) is 63.7 Å². The highest BCUT2D eigenvalue weighted by atomic mass is 79.9. The van der Waals surface area contributed by atoms with E-state index >= 15 is 0 Å². The molecular formula is C17H8Br4S4.